The van der Waals surface area contributed by atoms with Crippen LogP contribution in [0.25, 0.3) is 21.8 Å². The lowest BCUT2D eigenvalue weighted by molar-refractivity contribution is 1.27. The Hall–Kier alpha value is -2.22. The molecule has 2 heteroatoms. The summed E-state index contributed by atoms with van der Waals surface area (Å²) in [5.41, 5.74) is 9.08. The first-order chi connectivity index (χ1) is 8.40. The molecule has 0 saturated heterocycles. The maximum atomic E-state index is 5.40. The van der Waals surface area contributed by atoms with Crippen LogP contribution in [0.15, 0.2) is 54.7 Å². The van der Waals surface area contributed by atoms with Crippen molar-refractivity contribution in [1.82, 2.24) is 4.98 Å². The maximum Gasteiger partial charge on any atom is 0.0500 e. The SMILES string of the molecule is NC=CCc1cccc2c1[nH]c1ccccc12. The number of nitrogens with two attached hydrogens (primary N) is 1. The van der Waals surface area contributed by atoms with Crippen LogP contribution in [0.1, 0.15) is 5.56 Å². The molecular weight excluding hydrogens is 208 g/mol. The predicted molar refractivity (Wildman–Crippen MR) is 72.8 cm³/mol. The third-order valence-electron chi connectivity index (χ3n) is 3.10. The first-order valence-electron chi connectivity index (χ1n) is 5.75. The van der Waals surface area contributed by atoms with Gasteiger partial charge in [-0.3, -0.25) is 0 Å². The van der Waals surface area contributed by atoms with E-state index in [0.29, 0.717) is 0 Å². The van der Waals surface area contributed by atoms with Crippen LogP contribution >= 0.6 is 0 Å². The van der Waals surface area contributed by atoms with Crippen molar-refractivity contribution in [1.29, 1.82) is 0 Å². The van der Waals surface area contributed by atoms with Crippen molar-refractivity contribution in [2.45, 2.75) is 6.42 Å². The minimum absolute atomic E-state index is 0.862. The highest BCUT2D eigenvalue weighted by Gasteiger charge is 2.05. The Morgan fingerprint density at radius 2 is 1.82 bits per heavy atom. The average Bonchev–Trinajstić information content (AvgIpc) is 2.75. The van der Waals surface area contributed by atoms with Crippen molar-refractivity contribution >= 4 is 21.8 Å². The van der Waals surface area contributed by atoms with Gasteiger partial charge in [0.1, 0.15) is 0 Å². The number of H-pyrrole nitrogens is 1. The minimum atomic E-state index is 0.862. The molecule has 2 aromatic carbocycles. The molecule has 0 fully saturated rings. The van der Waals surface area contributed by atoms with Crippen molar-refractivity contribution < 1.29 is 0 Å². The second kappa shape index (κ2) is 3.98. The summed E-state index contributed by atoms with van der Waals surface area (Å²) >= 11 is 0. The van der Waals surface area contributed by atoms with Gasteiger partial charge in [0.15, 0.2) is 0 Å². The normalized spacial score (nSPS) is 11.8. The molecule has 0 aliphatic rings. The van der Waals surface area contributed by atoms with E-state index in [1.54, 1.807) is 6.20 Å². The number of rotatable bonds is 2. The van der Waals surface area contributed by atoms with Gasteiger partial charge in [0.05, 0.1) is 5.52 Å². The summed E-state index contributed by atoms with van der Waals surface area (Å²) in [4.78, 5) is 3.48. The largest absolute Gasteiger partial charge is 0.405 e. The van der Waals surface area contributed by atoms with Gasteiger partial charge in [-0.1, -0.05) is 42.5 Å². The fourth-order valence-corrected chi connectivity index (χ4v) is 2.30. The molecule has 0 unspecified atom stereocenters. The number of allylic oxidation sites excluding steroid dienone is 1. The number of aromatic nitrogens is 1. The molecule has 3 aromatic rings. The fourth-order valence-electron chi connectivity index (χ4n) is 2.30. The van der Waals surface area contributed by atoms with Gasteiger partial charge < -0.3 is 10.7 Å². The van der Waals surface area contributed by atoms with Crippen LogP contribution in [-0.4, -0.2) is 4.98 Å². The fraction of sp³-hybridized carbons (Fsp3) is 0.0667. The molecule has 0 spiro atoms. The lowest BCUT2D eigenvalue weighted by atomic mass is 10.1. The van der Waals surface area contributed by atoms with Gasteiger partial charge in [-0.15, -0.1) is 0 Å². The summed E-state index contributed by atoms with van der Waals surface area (Å²) in [6.07, 6.45) is 4.43. The number of hydrogen-bond acceptors (Lipinski definition) is 1. The predicted octanol–water partition coefficient (Wildman–Crippen LogP) is 3.34. The molecule has 3 N–H and O–H groups in total. The minimum Gasteiger partial charge on any atom is -0.405 e. The zero-order valence-electron chi connectivity index (χ0n) is 9.48. The highest BCUT2D eigenvalue weighted by atomic mass is 14.7. The first-order valence-corrected chi connectivity index (χ1v) is 5.75. The molecular formula is C15H14N2. The zero-order valence-corrected chi connectivity index (χ0v) is 9.48. The Labute approximate surface area is 99.7 Å². The van der Waals surface area contributed by atoms with Gasteiger partial charge >= 0.3 is 0 Å². The monoisotopic (exact) mass is 222 g/mol. The second-order valence-electron chi connectivity index (χ2n) is 4.14. The molecule has 0 atom stereocenters. The number of nitrogens with one attached hydrogen (secondary N) is 1. The van der Waals surface area contributed by atoms with Crippen molar-refractivity contribution in [3.05, 3.63) is 60.3 Å². The van der Waals surface area contributed by atoms with E-state index in [9.17, 15) is 0 Å². The first kappa shape index (κ1) is 9.97. The molecule has 0 aliphatic heterocycles. The van der Waals surface area contributed by atoms with E-state index in [0.717, 1.165) is 6.42 Å². The van der Waals surface area contributed by atoms with Crippen molar-refractivity contribution in [2.24, 2.45) is 5.73 Å². The Morgan fingerprint density at radius 1 is 1.00 bits per heavy atom. The second-order valence-corrected chi connectivity index (χ2v) is 4.14. The van der Waals surface area contributed by atoms with Gasteiger partial charge in [0, 0.05) is 16.3 Å². The standard InChI is InChI=1S/C15H14N2/c16-10-4-6-11-5-3-8-13-12-7-1-2-9-14(12)17-15(11)13/h1-5,7-10,17H,6,16H2. The molecule has 3 rings (SSSR count). The third-order valence-corrected chi connectivity index (χ3v) is 3.10. The van der Waals surface area contributed by atoms with E-state index in [1.807, 2.05) is 6.08 Å². The van der Waals surface area contributed by atoms with Crippen LogP contribution in [0, 0.1) is 0 Å². The van der Waals surface area contributed by atoms with Crippen molar-refractivity contribution in [2.75, 3.05) is 0 Å². The zero-order chi connectivity index (χ0) is 11.7. The molecule has 0 amide bonds. The summed E-state index contributed by atoms with van der Waals surface area (Å²) < 4.78 is 0. The Bertz CT molecular complexity index is 692. The van der Waals surface area contributed by atoms with Crippen LogP contribution in [0.3, 0.4) is 0 Å². The number of fused-ring (bicyclic) bond motifs is 3. The molecule has 0 bridgehead atoms. The maximum absolute atomic E-state index is 5.40. The molecule has 0 aliphatic carbocycles. The molecule has 17 heavy (non-hydrogen) atoms. The third kappa shape index (κ3) is 1.58. The summed E-state index contributed by atoms with van der Waals surface area (Å²) in [6, 6.07) is 14.8. The van der Waals surface area contributed by atoms with E-state index < -0.39 is 0 Å². The highest BCUT2D eigenvalue weighted by molar-refractivity contribution is 6.08. The Balaban J connectivity index is 2.31. The molecule has 2 nitrogen and oxygen atoms in total. The van der Waals surface area contributed by atoms with Gasteiger partial charge in [-0.05, 0) is 24.3 Å². The van der Waals surface area contributed by atoms with Gasteiger partial charge in [-0.2, -0.15) is 0 Å². The van der Waals surface area contributed by atoms with E-state index in [2.05, 4.69) is 47.4 Å². The van der Waals surface area contributed by atoms with E-state index >= 15 is 0 Å². The van der Waals surface area contributed by atoms with Crippen LogP contribution in [0.4, 0.5) is 0 Å². The molecule has 0 saturated carbocycles. The highest BCUT2D eigenvalue weighted by Crippen LogP contribution is 2.27. The summed E-state index contributed by atoms with van der Waals surface area (Å²) in [7, 11) is 0. The number of para-hydroxylation sites is 2. The molecule has 84 valence electrons. The van der Waals surface area contributed by atoms with Crippen molar-refractivity contribution in [3.8, 4) is 0 Å². The lowest BCUT2D eigenvalue weighted by Gasteiger charge is -1.98. The summed E-state index contributed by atoms with van der Waals surface area (Å²) in [5, 5.41) is 2.56. The van der Waals surface area contributed by atoms with Crippen LogP contribution in [0.2, 0.25) is 0 Å². The lowest BCUT2D eigenvalue weighted by Crippen LogP contribution is -1.85. The average molecular weight is 222 g/mol. The Kier molecular flexibility index (Phi) is 2.33. The van der Waals surface area contributed by atoms with E-state index in [1.165, 1.54) is 27.4 Å². The Morgan fingerprint density at radius 3 is 2.71 bits per heavy atom. The number of hydrogen-bond donors (Lipinski definition) is 2. The quantitative estimate of drug-likeness (QED) is 0.686. The smallest absolute Gasteiger partial charge is 0.0500 e. The van der Waals surface area contributed by atoms with E-state index in [-0.39, 0.29) is 0 Å². The van der Waals surface area contributed by atoms with Gasteiger partial charge in [-0.25, -0.2) is 0 Å². The van der Waals surface area contributed by atoms with Crippen LogP contribution in [0.5, 0.6) is 0 Å². The molecule has 0 radical (unpaired) electrons. The summed E-state index contributed by atoms with van der Waals surface area (Å²) in [6.45, 7) is 0. The number of aromatic amines is 1. The molecule has 1 heterocycles. The van der Waals surface area contributed by atoms with Gasteiger partial charge in [0.25, 0.3) is 0 Å². The van der Waals surface area contributed by atoms with Gasteiger partial charge in [0.2, 0.25) is 0 Å². The van der Waals surface area contributed by atoms with Crippen LogP contribution < -0.4 is 5.73 Å². The topological polar surface area (TPSA) is 41.8 Å². The van der Waals surface area contributed by atoms with Crippen LogP contribution in [-0.2, 0) is 6.42 Å². The molecule has 1 aromatic heterocycles. The van der Waals surface area contributed by atoms with E-state index in [4.69, 9.17) is 5.73 Å². The number of benzene rings is 2. The summed E-state index contributed by atoms with van der Waals surface area (Å²) in [5.74, 6) is 0. The van der Waals surface area contributed by atoms with Crippen molar-refractivity contribution in [3.63, 3.8) is 0 Å².